The second-order valence-electron chi connectivity index (χ2n) is 6.56. The van der Waals surface area contributed by atoms with E-state index in [1.807, 2.05) is 11.9 Å². The molecule has 4 nitrogen and oxygen atoms in total. The van der Waals surface area contributed by atoms with Crippen LogP contribution in [0.3, 0.4) is 0 Å². The van der Waals surface area contributed by atoms with Crippen LogP contribution in [0.5, 0.6) is 0 Å². The van der Waals surface area contributed by atoms with Crippen molar-refractivity contribution in [2.45, 2.75) is 56.9 Å². The van der Waals surface area contributed by atoms with Gasteiger partial charge in [-0.2, -0.15) is 0 Å². The van der Waals surface area contributed by atoms with Crippen LogP contribution >= 0.6 is 0 Å². The summed E-state index contributed by atoms with van der Waals surface area (Å²) in [5.41, 5.74) is 0.861. The lowest BCUT2D eigenvalue weighted by atomic mass is 9.85. The van der Waals surface area contributed by atoms with Crippen LogP contribution in [0.2, 0.25) is 0 Å². The van der Waals surface area contributed by atoms with Crippen LogP contribution in [0.4, 0.5) is 0 Å². The van der Waals surface area contributed by atoms with E-state index in [0.717, 1.165) is 12.0 Å². The van der Waals surface area contributed by atoms with Crippen molar-refractivity contribution in [3.63, 3.8) is 0 Å². The number of hydrogen-bond acceptors (Lipinski definition) is 3. The number of nitrogens with zero attached hydrogens (tertiary/aromatic N) is 1. The topological polar surface area (TPSA) is 54.5 Å². The van der Waals surface area contributed by atoms with Crippen LogP contribution in [-0.4, -0.2) is 38.1 Å². The van der Waals surface area contributed by atoms with Crippen molar-refractivity contribution in [1.29, 1.82) is 0 Å². The van der Waals surface area contributed by atoms with Gasteiger partial charge < -0.3 is 4.90 Å². The highest BCUT2D eigenvalue weighted by atomic mass is 32.2. The minimum absolute atomic E-state index is 0.0909. The van der Waals surface area contributed by atoms with E-state index in [2.05, 4.69) is 6.92 Å². The molecule has 2 rings (SSSR count). The summed E-state index contributed by atoms with van der Waals surface area (Å²) in [6.45, 7) is 3.85. The number of carbonyl (C=O) groups is 1. The Balaban J connectivity index is 2.02. The van der Waals surface area contributed by atoms with Gasteiger partial charge in [0.05, 0.1) is 17.1 Å². The molecular formula is C18H27NO3S. The number of likely N-dealkylation sites (N-methyl/N-ethyl adjacent to an activating group) is 1. The van der Waals surface area contributed by atoms with Gasteiger partial charge in [0.25, 0.3) is 0 Å². The lowest BCUT2D eigenvalue weighted by molar-refractivity contribution is -0.132. The van der Waals surface area contributed by atoms with Gasteiger partial charge in [-0.15, -0.1) is 0 Å². The number of benzene rings is 1. The van der Waals surface area contributed by atoms with Gasteiger partial charge in [0.15, 0.2) is 9.84 Å². The third-order valence-corrected chi connectivity index (χ3v) is 6.73. The molecule has 1 fully saturated rings. The molecule has 0 saturated heterocycles. The van der Waals surface area contributed by atoms with Crippen molar-refractivity contribution < 1.29 is 13.2 Å². The van der Waals surface area contributed by atoms with Crippen molar-refractivity contribution in [2.75, 3.05) is 12.8 Å². The maximum atomic E-state index is 12.5. The van der Waals surface area contributed by atoms with E-state index >= 15 is 0 Å². The standard InChI is InChI=1S/C18H27NO3S/c1-4-23(21,22)16-11-9-15(10-12-16)13-18(20)19(3)17-8-6-5-7-14(17)2/h9-12,14,17H,4-8,13H2,1-3H3/t14-,17+/m0/s1. The molecule has 128 valence electrons. The second kappa shape index (κ2) is 7.47. The zero-order chi connectivity index (χ0) is 17.0. The highest BCUT2D eigenvalue weighted by molar-refractivity contribution is 7.91. The normalized spacial score (nSPS) is 21.9. The molecule has 5 heteroatoms. The Morgan fingerprint density at radius 2 is 1.78 bits per heavy atom. The SMILES string of the molecule is CCS(=O)(=O)c1ccc(CC(=O)N(C)[C@@H]2CCCC[C@@H]2C)cc1. The van der Waals surface area contributed by atoms with Gasteiger partial charge in [-0.25, -0.2) is 8.42 Å². The molecule has 23 heavy (non-hydrogen) atoms. The van der Waals surface area contributed by atoms with E-state index in [1.54, 1.807) is 31.2 Å². The van der Waals surface area contributed by atoms with Gasteiger partial charge in [0, 0.05) is 13.1 Å². The fourth-order valence-corrected chi connectivity index (χ4v) is 4.22. The van der Waals surface area contributed by atoms with Crippen molar-refractivity contribution in [3.05, 3.63) is 29.8 Å². The van der Waals surface area contributed by atoms with Gasteiger partial charge >= 0.3 is 0 Å². The highest BCUT2D eigenvalue weighted by Crippen LogP contribution is 2.27. The third kappa shape index (κ3) is 4.34. The molecule has 0 spiro atoms. The lowest BCUT2D eigenvalue weighted by Crippen LogP contribution is -2.43. The summed E-state index contributed by atoms with van der Waals surface area (Å²) in [7, 11) is -1.29. The van der Waals surface area contributed by atoms with Crippen LogP contribution in [0.25, 0.3) is 0 Å². The average Bonchev–Trinajstić information content (AvgIpc) is 2.55. The Kier molecular flexibility index (Phi) is 5.84. The van der Waals surface area contributed by atoms with E-state index in [-0.39, 0.29) is 11.7 Å². The molecule has 0 N–H and O–H groups in total. The minimum Gasteiger partial charge on any atom is -0.342 e. The molecule has 1 aliphatic carbocycles. The monoisotopic (exact) mass is 337 g/mol. The Morgan fingerprint density at radius 3 is 2.35 bits per heavy atom. The molecule has 0 bridgehead atoms. The lowest BCUT2D eigenvalue weighted by Gasteiger charge is -2.36. The summed E-state index contributed by atoms with van der Waals surface area (Å²) in [5, 5.41) is 0. The minimum atomic E-state index is -3.18. The summed E-state index contributed by atoms with van der Waals surface area (Å²) in [4.78, 5) is 14.7. The number of rotatable bonds is 5. The average molecular weight is 337 g/mol. The third-order valence-electron chi connectivity index (χ3n) is 4.97. The van der Waals surface area contributed by atoms with Crippen molar-refractivity contribution >= 4 is 15.7 Å². The van der Waals surface area contributed by atoms with E-state index in [4.69, 9.17) is 0 Å². The zero-order valence-corrected chi connectivity index (χ0v) is 15.1. The molecule has 0 aromatic heterocycles. The Hall–Kier alpha value is -1.36. The first-order valence-corrected chi connectivity index (χ1v) is 10.1. The summed E-state index contributed by atoms with van der Waals surface area (Å²) < 4.78 is 23.6. The van der Waals surface area contributed by atoms with Crippen molar-refractivity contribution in [2.24, 2.45) is 5.92 Å². The second-order valence-corrected chi connectivity index (χ2v) is 8.84. The summed E-state index contributed by atoms with van der Waals surface area (Å²) in [6.07, 6.45) is 5.04. The van der Waals surface area contributed by atoms with Gasteiger partial charge in [0.2, 0.25) is 5.91 Å². The predicted molar refractivity (Wildman–Crippen MR) is 92.1 cm³/mol. The van der Waals surface area contributed by atoms with Crippen LogP contribution in [0.1, 0.15) is 45.1 Å². The smallest absolute Gasteiger partial charge is 0.226 e. The van der Waals surface area contributed by atoms with Crippen LogP contribution in [0, 0.1) is 5.92 Å². The largest absolute Gasteiger partial charge is 0.342 e. The van der Waals surface area contributed by atoms with Crippen LogP contribution in [0.15, 0.2) is 29.2 Å². The predicted octanol–water partition coefficient (Wildman–Crippen LogP) is 3.06. The van der Waals surface area contributed by atoms with Crippen LogP contribution in [-0.2, 0) is 21.1 Å². The molecule has 1 saturated carbocycles. The van der Waals surface area contributed by atoms with E-state index < -0.39 is 9.84 Å². The summed E-state index contributed by atoms with van der Waals surface area (Å²) in [5.74, 6) is 0.748. The summed E-state index contributed by atoms with van der Waals surface area (Å²) >= 11 is 0. The molecular weight excluding hydrogens is 310 g/mol. The quantitative estimate of drug-likeness (QED) is 0.830. The molecule has 1 aromatic carbocycles. The number of hydrogen-bond donors (Lipinski definition) is 0. The van der Waals surface area contributed by atoms with Gasteiger partial charge in [-0.1, -0.05) is 38.8 Å². The molecule has 1 aliphatic rings. The van der Waals surface area contributed by atoms with Crippen molar-refractivity contribution in [3.8, 4) is 0 Å². The Morgan fingerprint density at radius 1 is 1.17 bits per heavy atom. The van der Waals surface area contributed by atoms with Crippen LogP contribution < -0.4 is 0 Å². The molecule has 0 aliphatic heterocycles. The summed E-state index contributed by atoms with van der Waals surface area (Å²) in [6, 6.07) is 7.03. The van der Waals surface area contributed by atoms with Gasteiger partial charge in [-0.3, -0.25) is 4.79 Å². The maximum absolute atomic E-state index is 12.5. The van der Waals surface area contributed by atoms with E-state index in [0.29, 0.717) is 23.3 Å². The molecule has 1 aromatic rings. The van der Waals surface area contributed by atoms with E-state index in [1.165, 1.54) is 19.3 Å². The molecule has 0 heterocycles. The Bertz CT molecular complexity index is 637. The number of sulfone groups is 1. The zero-order valence-electron chi connectivity index (χ0n) is 14.3. The van der Waals surface area contributed by atoms with E-state index in [9.17, 15) is 13.2 Å². The highest BCUT2D eigenvalue weighted by Gasteiger charge is 2.27. The number of carbonyl (C=O) groups excluding carboxylic acids is 1. The first-order valence-electron chi connectivity index (χ1n) is 8.42. The molecule has 2 atom stereocenters. The first-order chi connectivity index (χ1) is 10.8. The van der Waals surface area contributed by atoms with Crippen molar-refractivity contribution in [1.82, 2.24) is 4.90 Å². The fraction of sp³-hybridized carbons (Fsp3) is 0.611. The molecule has 0 radical (unpaired) electrons. The maximum Gasteiger partial charge on any atom is 0.226 e. The molecule has 0 unspecified atom stereocenters. The van der Waals surface area contributed by atoms with Gasteiger partial charge in [-0.05, 0) is 36.5 Å². The Labute approximate surface area is 139 Å². The molecule has 1 amide bonds. The fourth-order valence-electron chi connectivity index (χ4n) is 3.34. The number of amides is 1. The van der Waals surface area contributed by atoms with Gasteiger partial charge in [0.1, 0.15) is 0 Å². The first kappa shape index (κ1) is 18.0.